The van der Waals surface area contributed by atoms with Crippen molar-refractivity contribution in [2.45, 2.75) is 77.0 Å². The largest absolute Gasteiger partial charge is 0.474 e. The molecule has 8 nitrogen and oxygen atoms in total. The van der Waals surface area contributed by atoms with Crippen molar-refractivity contribution in [3.8, 4) is 5.88 Å². The van der Waals surface area contributed by atoms with Crippen LogP contribution in [0.4, 0.5) is 11.6 Å². The second kappa shape index (κ2) is 8.51. The third kappa shape index (κ3) is 4.18. The number of pyridine rings is 3. The van der Waals surface area contributed by atoms with E-state index in [0.717, 1.165) is 47.7 Å². The standard InChI is InChI=1S/C26H31N5O3/c1-5-10-26(4,27)20-13-29-24(34-16-6-7-16)19-12-28-22(11-18(19)20)30-21-9-8-17-23(31-21)14(2)15(3)33-25(17)32/h8-9,11-16H,5-7,10,27H2,1-4H3,(H,28,30,31)/t14-,15+,26+/m0/s1. The Morgan fingerprint density at radius 3 is 2.71 bits per heavy atom. The van der Waals surface area contributed by atoms with Crippen LogP contribution in [0.25, 0.3) is 10.8 Å². The van der Waals surface area contributed by atoms with Gasteiger partial charge in [-0.15, -0.1) is 0 Å². The van der Waals surface area contributed by atoms with Crippen molar-refractivity contribution < 1.29 is 14.3 Å². The monoisotopic (exact) mass is 461 g/mol. The van der Waals surface area contributed by atoms with Gasteiger partial charge in [-0.05, 0) is 62.3 Å². The van der Waals surface area contributed by atoms with E-state index in [-0.39, 0.29) is 24.1 Å². The Balaban J connectivity index is 1.54. The lowest BCUT2D eigenvalue weighted by Crippen LogP contribution is -2.33. The van der Waals surface area contributed by atoms with Crippen molar-refractivity contribution in [1.82, 2.24) is 15.0 Å². The summed E-state index contributed by atoms with van der Waals surface area (Å²) in [7, 11) is 0. The summed E-state index contributed by atoms with van der Waals surface area (Å²) in [4.78, 5) is 26.2. The average molecular weight is 462 g/mol. The summed E-state index contributed by atoms with van der Waals surface area (Å²) in [6.45, 7) is 8.06. The number of ether oxygens (including phenoxy) is 2. The summed E-state index contributed by atoms with van der Waals surface area (Å²) < 4.78 is 11.4. The number of carbonyl (C=O) groups is 1. The van der Waals surface area contributed by atoms with Crippen LogP contribution in [0, 0.1) is 0 Å². The number of carbonyl (C=O) groups excluding carboxylic acids is 1. The predicted molar refractivity (Wildman–Crippen MR) is 130 cm³/mol. The Kier molecular flexibility index (Phi) is 5.64. The highest BCUT2D eigenvalue weighted by molar-refractivity contribution is 5.93. The van der Waals surface area contributed by atoms with Gasteiger partial charge in [-0.3, -0.25) is 0 Å². The molecule has 2 aliphatic rings. The molecule has 3 atom stereocenters. The number of cyclic esters (lactones) is 1. The van der Waals surface area contributed by atoms with Crippen LogP contribution in [0.5, 0.6) is 5.88 Å². The lowest BCUT2D eigenvalue weighted by Gasteiger charge is -2.27. The van der Waals surface area contributed by atoms with E-state index in [9.17, 15) is 4.79 Å². The SMILES string of the molecule is CCC[C@@](C)(N)c1cnc(OC2CC2)c2cnc(Nc3ccc4c(n3)[C@@H](C)[C@@H](C)OC4=O)cc12. The molecule has 5 rings (SSSR count). The van der Waals surface area contributed by atoms with E-state index in [1.165, 1.54) is 0 Å². The van der Waals surface area contributed by atoms with Gasteiger partial charge in [-0.2, -0.15) is 0 Å². The summed E-state index contributed by atoms with van der Waals surface area (Å²) in [5.41, 5.74) is 8.39. The van der Waals surface area contributed by atoms with Crippen molar-refractivity contribution in [2.75, 3.05) is 5.32 Å². The molecule has 0 bridgehead atoms. The van der Waals surface area contributed by atoms with Gasteiger partial charge >= 0.3 is 5.97 Å². The molecular weight excluding hydrogens is 430 g/mol. The van der Waals surface area contributed by atoms with E-state index >= 15 is 0 Å². The molecule has 1 aliphatic heterocycles. The van der Waals surface area contributed by atoms with E-state index in [2.05, 4.69) is 22.2 Å². The van der Waals surface area contributed by atoms with Crippen molar-refractivity contribution in [3.63, 3.8) is 0 Å². The first kappa shape index (κ1) is 22.5. The molecular formula is C26H31N5O3. The minimum Gasteiger partial charge on any atom is -0.474 e. The Bertz CT molecular complexity index is 1250. The maximum atomic E-state index is 12.2. The average Bonchev–Trinajstić information content (AvgIpc) is 3.61. The fraction of sp³-hybridized carbons (Fsp3) is 0.462. The van der Waals surface area contributed by atoms with Gasteiger partial charge in [-0.1, -0.05) is 20.3 Å². The Morgan fingerprint density at radius 2 is 1.97 bits per heavy atom. The van der Waals surface area contributed by atoms with Gasteiger partial charge in [0, 0.05) is 23.9 Å². The fourth-order valence-corrected chi connectivity index (χ4v) is 4.48. The molecule has 0 radical (unpaired) electrons. The van der Waals surface area contributed by atoms with Crippen LogP contribution in [0.3, 0.4) is 0 Å². The smallest absolute Gasteiger partial charge is 0.340 e. The number of rotatable bonds is 7. The van der Waals surface area contributed by atoms with Gasteiger partial charge in [0.15, 0.2) is 0 Å². The van der Waals surface area contributed by atoms with E-state index in [0.29, 0.717) is 23.1 Å². The first-order valence-electron chi connectivity index (χ1n) is 12.0. The quantitative estimate of drug-likeness (QED) is 0.476. The molecule has 3 N–H and O–H groups in total. The normalized spacial score (nSPS) is 21.5. The zero-order valence-electron chi connectivity index (χ0n) is 20.1. The van der Waals surface area contributed by atoms with Gasteiger partial charge in [0.1, 0.15) is 23.8 Å². The van der Waals surface area contributed by atoms with Gasteiger partial charge in [-0.25, -0.2) is 19.7 Å². The fourth-order valence-electron chi connectivity index (χ4n) is 4.48. The summed E-state index contributed by atoms with van der Waals surface area (Å²) in [6, 6.07) is 5.51. The molecule has 34 heavy (non-hydrogen) atoms. The lowest BCUT2D eigenvalue weighted by atomic mass is 9.87. The maximum absolute atomic E-state index is 12.2. The van der Waals surface area contributed by atoms with Crippen LogP contribution in [-0.2, 0) is 10.3 Å². The van der Waals surface area contributed by atoms with Gasteiger partial charge in [0.25, 0.3) is 0 Å². The van der Waals surface area contributed by atoms with Crippen molar-refractivity contribution in [2.24, 2.45) is 5.73 Å². The summed E-state index contributed by atoms with van der Waals surface area (Å²) in [5.74, 6) is 1.53. The van der Waals surface area contributed by atoms with Crippen LogP contribution in [0.2, 0.25) is 0 Å². The Labute approximate surface area is 199 Å². The lowest BCUT2D eigenvalue weighted by molar-refractivity contribution is 0.0235. The molecule has 3 aromatic rings. The molecule has 0 aromatic carbocycles. The van der Waals surface area contributed by atoms with Crippen LogP contribution < -0.4 is 15.8 Å². The van der Waals surface area contributed by atoms with Crippen LogP contribution in [-0.4, -0.2) is 33.1 Å². The number of nitrogens with one attached hydrogen (secondary N) is 1. The van der Waals surface area contributed by atoms with Gasteiger partial charge in [0.05, 0.1) is 16.6 Å². The van der Waals surface area contributed by atoms with E-state index in [4.69, 9.17) is 20.2 Å². The second-order valence-electron chi connectivity index (χ2n) is 9.73. The van der Waals surface area contributed by atoms with Crippen LogP contribution in [0.15, 0.2) is 30.6 Å². The number of anilines is 2. The predicted octanol–water partition coefficient (Wildman–Crippen LogP) is 4.95. The molecule has 1 saturated carbocycles. The highest BCUT2D eigenvalue weighted by Crippen LogP contribution is 2.37. The molecule has 0 amide bonds. The molecule has 3 aromatic heterocycles. The molecule has 4 heterocycles. The summed E-state index contributed by atoms with van der Waals surface area (Å²) in [5, 5.41) is 5.12. The van der Waals surface area contributed by atoms with Crippen LogP contribution >= 0.6 is 0 Å². The minimum atomic E-state index is -0.535. The third-order valence-electron chi connectivity index (χ3n) is 6.75. The highest BCUT2D eigenvalue weighted by Gasteiger charge is 2.32. The Hall–Kier alpha value is -3.26. The number of hydrogen-bond acceptors (Lipinski definition) is 8. The molecule has 178 valence electrons. The van der Waals surface area contributed by atoms with E-state index in [1.54, 1.807) is 18.3 Å². The van der Waals surface area contributed by atoms with E-state index < -0.39 is 5.54 Å². The van der Waals surface area contributed by atoms with Crippen LogP contribution in [0.1, 0.15) is 80.9 Å². The first-order chi connectivity index (χ1) is 16.3. The number of hydrogen-bond donors (Lipinski definition) is 2. The zero-order chi connectivity index (χ0) is 24.0. The topological polar surface area (TPSA) is 112 Å². The highest BCUT2D eigenvalue weighted by atomic mass is 16.5. The molecule has 1 aliphatic carbocycles. The number of fused-ring (bicyclic) bond motifs is 2. The third-order valence-corrected chi connectivity index (χ3v) is 6.75. The number of nitrogens with zero attached hydrogens (tertiary/aromatic N) is 3. The second-order valence-corrected chi connectivity index (χ2v) is 9.73. The van der Waals surface area contributed by atoms with Gasteiger partial charge < -0.3 is 20.5 Å². The molecule has 0 spiro atoms. The van der Waals surface area contributed by atoms with Crippen molar-refractivity contribution in [3.05, 3.63) is 47.4 Å². The molecule has 0 unspecified atom stereocenters. The number of esters is 1. The molecule has 0 saturated heterocycles. The number of nitrogens with two attached hydrogens (primary N) is 1. The number of aromatic nitrogens is 3. The maximum Gasteiger partial charge on any atom is 0.340 e. The minimum absolute atomic E-state index is 0.00538. The Morgan fingerprint density at radius 1 is 1.18 bits per heavy atom. The summed E-state index contributed by atoms with van der Waals surface area (Å²) in [6.07, 6.45) is 7.53. The molecule has 1 fully saturated rings. The molecule has 8 heteroatoms. The van der Waals surface area contributed by atoms with E-state index in [1.807, 2.05) is 33.0 Å². The summed E-state index contributed by atoms with van der Waals surface area (Å²) >= 11 is 0. The first-order valence-corrected chi connectivity index (χ1v) is 12.0. The van der Waals surface area contributed by atoms with Gasteiger partial charge in [0.2, 0.25) is 5.88 Å². The van der Waals surface area contributed by atoms with Crippen molar-refractivity contribution >= 4 is 28.4 Å². The van der Waals surface area contributed by atoms with Crippen molar-refractivity contribution in [1.29, 1.82) is 0 Å². The zero-order valence-corrected chi connectivity index (χ0v) is 20.1.